The maximum Gasteiger partial charge on any atom is 0.274 e. The van der Waals surface area contributed by atoms with E-state index in [2.05, 4.69) is 5.32 Å². The molecule has 1 atom stereocenters. The Morgan fingerprint density at radius 1 is 1.45 bits per heavy atom. The summed E-state index contributed by atoms with van der Waals surface area (Å²) in [4.78, 5) is 22.6. The van der Waals surface area contributed by atoms with Gasteiger partial charge in [0.2, 0.25) is 5.91 Å². The molecule has 0 saturated heterocycles. The highest BCUT2D eigenvalue weighted by molar-refractivity contribution is 5.93. The monoisotopic (exact) mass is 279 g/mol. The van der Waals surface area contributed by atoms with E-state index < -0.39 is 4.92 Å². The first-order valence-corrected chi connectivity index (χ1v) is 6.81. The second-order valence-electron chi connectivity index (χ2n) is 4.66. The molecular formula is C14H21N3O3. The van der Waals surface area contributed by atoms with Crippen molar-refractivity contribution >= 4 is 17.3 Å². The molecule has 0 saturated carbocycles. The Kier molecular flexibility index (Phi) is 6.11. The number of nitrogens with zero attached hydrogens (tertiary/aromatic N) is 1. The van der Waals surface area contributed by atoms with Gasteiger partial charge in [0.25, 0.3) is 5.69 Å². The van der Waals surface area contributed by atoms with Crippen molar-refractivity contribution in [2.75, 3.05) is 11.9 Å². The molecule has 0 spiro atoms. The molecule has 1 amide bonds. The molecule has 0 bridgehead atoms. The molecular weight excluding hydrogens is 258 g/mol. The van der Waals surface area contributed by atoms with Crippen LogP contribution in [-0.4, -0.2) is 17.4 Å². The molecule has 0 aromatic heterocycles. The molecule has 20 heavy (non-hydrogen) atoms. The summed E-state index contributed by atoms with van der Waals surface area (Å²) in [5.74, 6) is -0.446. The SMILES string of the molecule is CCCC(CN)C(=O)Nc1ccc(CC)c([N+](=O)[O-])c1. The Morgan fingerprint density at radius 2 is 2.15 bits per heavy atom. The predicted octanol–water partition coefficient (Wildman–Crippen LogP) is 2.47. The molecule has 0 heterocycles. The zero-order valence-electron chi connectivity index (χ0n) is 11.9. The number of anilines is 1. The van der Waals surface area contributed by atoms with E-state index in [4.69, 9.17) is 5.73 Å². The van der Waals surface area contributed by atoms with Gasteiger partial charge in [-0.1, -0.05) is 26.3 Å². The van der Waals surface area contributed by atoms with Gasteiger partial charge in [-0.2, -0.15) is 0 Å². The molecule has 6 nitrogen and oxygen atoms in total. The molecule has 3 N–H and O–H groups in total. The molecule has 1 aromatic rings. The van der Waals surface area contributed by atoms with E-state index in [1.165, 1.54) is 6.07 Å². The number of nitro benzene ring substituents is 1. The van der Waals surface area contributed by atoms with Gasteiger partial charge in [0.05, 0.1) is 10.8 Å². The molecule has 1 rings (SSSR count). The number of amides is 1. The van der Waals surface area contributed by atoms with Crippen molar-refractivity contribution in [2.45, 2.75) is 33.1 Å². The highest BCUT2D eigenvalue weighted by Gasteiger charge is 2.18. The highest BCUT2D eigenvalue weighted by atomic mass is 16.6. The first kappa shape index (κ1) is 16.1. The van der Waals surface area contributed by atoms with E-state index >= 15 is 0 Å². The van der Waals surface area contributed by atoms with E-state index in [1.54, 1.807) is 12.1 Å². The quantitative estimate of drug-likeness (QED) is 0.591. The van der Waals surface area contributed by atoms with Gasteiger partial charge in [-0.3, -0.25) is 14.9 Å². The summed E-state index contributed by atoms with van der Waals surface area (Å²) in [7, 11) is 0. The highest BCUT2D eigenvalue weighted by Crippen LogP contribution is 2.24. The number of aryl methyl sites for hydroxylation is 1. The number of hydrogen-bond acceptors (Lipinski definition) is 4. The van der Waals surface area contributed by atoms with Crippen LogP contribution in [0.2, 0.25) is 0 Å². The van der Waals surface area contributed by atoms with Crippen molar-refractivity contribution in [1.29, 1.82) is 0 Å². The number of carbonyl (C=O) groups excluding carboxylic acids is 1. The zero-order valence-corrected chi connectivity index (χ0v) is 11.9. The number of rotatable bonds is 7. The van der Waals surface area contributed by atoms with Gasteiger partial charge in [-0.15, -0.1) is 0 Å². The van der Waals surface area contributed by atoms with Crippen molar-refractivity contribution < 1.29 is 9.72 Å². The topological polar surface area (TPSA) is 98.3 Å². The average molecular weight is 279 g/mol. The van der Waals surface area contributed by atoms with Crippen LogP contribution in [0.1, 0.15) is 32.3 Å². The fourth-order valence-electron chi connectivity index (χ4n) is 2.06. The minimum Gasteiger partial charge on any atom is -0.330 e. The maximum absolute atomic E-state index is 12.0. The largest absolute Gasteiger partial charge is 0.330 e. The number of nitro groups is 1. The standard InChI is InChI=1S/C14H21N3O3/c1-3-5-11(9-15)14(18)16-12-7-6-10(4-2)13(8-12)17(19)20/h6-8,11H,3-5,9,15H2,1-2H3,(H,16,18). The molecule has 0 aliphatic carbocycles. The molecule has 110 valence electrons. The van der Waals surface area contributed by atoms with Crippen LogP contribution in [0.4, 0.5) is 11.4 Å². The van der Waals surface area contributed by atoms with Crippen molar-refractivity contribution in [3.05, 3.63) is 33.9 Å². The second-order valence-corrected chi connectivity index (χ2v) is 4.66. The van der Waals surface area contributed by atoms with Crippen LogP contribution in [0.3, 0.4) is 0 Å². The minimum atomic E-state index is -0.430. The van der Waals surface area contributed by atoms with Crippen LogP contribution < -0.4 is 11.1 Å². The summed E-state index contributed by atoms with van der Waals surface area (Å²) in [6.45, 7) is 4.11. The first-order valence-electron chi connectivity index (χ1n) is 6.81. The number of nitrogens with two attached hydrogens (primary N) is 1. The Balaban J connectivity index is 2.90. The lowest BCUT2D eigenvalue weighted by molar-refractivity contribution is -0.385. The Bertz CT molecular complexity index is 489. The average Bonchev–Trinajstić information content (AvgIpc) is 2.44. The van der Waals surface area contributed by atoms with Crippen LogP contribution in [0, 0.1) is 16.0 Å². The van der Waals surface area contributed by atoms with Crippen LogP contribution in [0.15, 0.2) is 18.2 Å². The smallest absolute Gasteiger partial charge is 0.274 e. The molecule has 6 heteroatoms. The summed E-state index contributed by atoms with van der Waals surface area (Å²) >= 11 is 0. The third-order valence-corrected chi connectivity index (χ3v) is 3.22. The van der Waals surface area contributed by atoms with Crippen LogP contribution in [-0.2, 0) is 11.2 Å². The Labute approximate surface area is 118 Å². The lowest BCUT2D eigenvalue weighted by Crippen LogP contribution is -2.29. The number of benzene rings is 1. The van der Waals surface area contributed by atoms with Gasteiger partial charge in [0.1, 0.15) is 0 Å². The van der Waals surface area contributed by atoms with Gasteiger partial charge in [0, 0.05) is 23.9 Å². The Hall–Kier alpha value is -1.95. The van der Waals surface area contributed by atoms with E-state index in [-0.39, 0.29) is 24.1 Å². The summed E-state index contributed by atoms with van der Waals surface area (Å²) in [5.41, 5.74) is 6.69. The van der Waals surface area contributed by atoms with Gasteiger partial charge in [-0.25, -0.2) is 0 Å². The molecule has 1 aromatic carbocycles. The minimum absolute atomic E-state index is 0.0325. The van der Waals surface area contributed by atoms with Gasteiger partial charge >= 0.3 is 0 Å². The van der Waals surface area contributed by atoms with Gasteiger partial charge in [-0.05, 0) is 18.9 Å². The zero-order chi connectivity index (χ0) is 15.1. The van der Waals surface area contributed by atoms with E-state index in [9.17, 15) is 14.9 Å². The van der Waals surface area contributed by atoms with E-state index in [0.717, 1.165) is 6.42 Å². The normalized spacial score (nSPS) is 11.9. The molecule has 0 aliphatic heterocycles. The van der Waals surface area contributed by atoms with Gasteiger partial charge in [0.15, 0.2) is 0 Å². The Morgan fingerprint density at radius 3 is 2.65 bits per heavy atom. The molecule has 1 unspecified atom stereocenters. The fraction of sp³-hybridized carbons (Fsp3) is 0.500. The number of carbonyl (C=O) groups is 1. The van der Waals surface area contributed by atoms with Crippen molar-refractivity contribution in [1.82, 2.24) is 0 Å². The van der Waals surface area contributed by atoms with Crippen molar-refractivity contribution in [3.63, 3.8) is 0 Å². The van der Waals surface area contributed by atoms with Crippen LogP contribution >= 0.6 is 0 Å². The lowest BCUT2D eigenvalue weighted by Gasteiger charge is -2.14. The summed E-state index contributed by atoms with van der Waals surface area (Å²) in [6.07, 6.45) is 2.15. The number of hydrogen-bond donors (Lipinski definition) is 2. The van der Waals surface area contributed by atoms with Crippen molar-refractivity contribution in [2.24, 2.45) is 11.7 Å². The fourth-order valence-corrected chi connectivity index (χ4v) is 2.06. The van der Waals surface area contributed by atoms with E-state index in [1.807, 2.05) is 13.8 Å². The van der Waals surface area contributed by atoms with Crippen molar-refractivity contribution in [3.8, 4) is 0 Å². The number of nitrogens with one attached hydrogen (secondary N) is 1. The molecule has 0 fully saturated rings. The van der Waals surface area contributed by atoms with Crippen LogP contribution in [0.25, 0.3) is 0 Å². The summed E-state index contributed by atoms with van der Waals surface area (Å²) in [5, 5.41) is 13.7. The third-order valence-electron chi connectivity index (χ3n) is 3.22. The van der Waals surface area contributed by atoms with E-state index in [0.29, 0.717) is 24.1 Å². The second kappa shape index (κ2) is 7.59. The summed E-state index contributed by atoms with van der Waals surface area (Å²) < 4.78 is 0. The lowest BCUT2D eigenvalue weighted by atomic mass is 10.0. The third kappa shape index (κ3) is 4.03. The maximum atomic E-state index is 12.0. The predicted molar refractivity (Wildman–Crippen MR) is 78.6 cm³/mol. The first-order chi connectivity index (χ1) is 9.53. The summed E-state index contributed by atoms with van der Waals surface area (Å²) in [6, 6.07) is 4.75. The molecule has 0 aliphatic rings. The molecule has 0 radical (unpaired) electrons. The van der Waals surface area contributed by atoms with Crippen LogP contribution in [0.5, 0.6) is 0 Å². The van der Waals surface area contributed by atoms with Gasteiger partial charge < -0.3 is 11.1 Å².